The van der Waals surface area contributed by atoms with Crippen molar-refractivity contribution in [2.75, 3.05) is 7.05 Å². The summed E-state index contributed by atoms with van der Waals surface area (Å²) in [5, 5.41) is 8.79. The number of nitrogens with one attached hydrogen (secondary N) is 1. The summed E-state index contributed by atoms with van der Waals surface area (Å²) in [5.41, 5.74) is 0.601. The van der Waals surface area contributed by atoms with E-state index in [9.17, 15) is 9.59 Å². The van der Waals surface area contributed by atoms with E-state index < -0.39 is 5.97 Å². The van der Waals surface area contributed by atoms with Gasteiger partial charge in [-0.05, 0) is 24.3 Å². The third-order valence-corrected chi connectivity index (χ3v) is 2.67. The van der Waals surface area contributed by atoms with E-state index >= 15 is 0 Å². The molecule has 98 valence electrons. The number of aromatic carboxylic acids is 1. The van der Waals surface area contributed by atoms with Crippen LogP contribution in [-0.4, -0.2) is 38.9 Å². The van der Waals surface area contributed by atoms with Crippen molar-refractivity contribution in [2.45, 2.75) is 6.54 Å². The fourth-order valence-electron chi connectivity index (χ4n) is 1.66. The van der Waals surface area contributed by atoms with E-state index in [0.29, 0.717) is 17.9 Å². The monoisotopic (exact) mass is 259 g/mol. The van der Waals surface area contributed by atoms with Crippen LogP contribution in [0.3, 0.4) is 0 Å². The molecule has 0 saturated carbocycles. The Labute approximate surface area is 109 Å². The average molecular weight is 259 g/mol. The predicted octanol–water partition coefficient (Wildman–Crippen LogP) is 1.38. The van der Waals surface area contributed by atoms with E-state index in [-0.39, 0.29) is 11.5 Å². The molecule has 1 amide bonds. The highest BCUT2D eigenvalue weighted by Crippen LogP contribution is 2.08. The molecule has 1 heterocycles. The summed E-state index contributed by atoms with van der Waals surface area (Å²) in [4.78, 5) is 31.3. The van der Waals surface area contributed by atoms with Crippen LogP contribution in [0.4, 0.5) is 0 Å². The summed E-state index contributed by atoms with van der Waals surface area (Å²) >= 11 is 0. The number of imidazole rings is 1. The molecule has 19 heavy (non-hydrogen) atoms. The van der Waals surface area contributed by atoms with Gasteiger partial charge in [0.15, 0.2) is 0 Å². The normalized spacial score (nSPS) is 10.2. The predicted molar refractivity (Wildman–Crippen MR) is 67.8 cm³/mol. The Kier molecular flexibility index (Phi) is 3.61. The van der Waals surface area contributed by atoms with Crippen molar-refractivity contribution in [3.63, 3.8) is 0 Å². The number of hydrogen-bond donors (Lipinski definition) is 2. The lowest BCUT2D eigenvalue weighted by atomic mass is 10.1. The smallest absolute Gasteiger partial charge is 0.335 e. The average Bonchev–Trinajstić information content (AvgIpc) is 2.90. The first kappa shape index (κ1) is 12.8. The quantitative estimate of drug-likeness (QED) is 0.868. The van der Waals surface area contributed by atoms with Gasteiger partial charge < -0.3 is 15.0 Å². The zero-order chi connectivity index (χ0) is 13.8. The van der Waals surface area contributed by atoms with Gasteiger partial charge in [-0.3, -0.25) is 4.79 Å². The van der Waals surface area contributed by atoms with Crippen molar-refractivity contribution in [1.29, 1.82) is 0 Å². The van der Waals surface area contributed by atoms with Crippen LogP contribution in [0.1, 0.15) is 26.5 Å². The van der Waals surface area contributed by atoms with Crippen molar-refractivity contribution in [3.05, 3.63) is 53.6 Å². The number of aromatic amines is 1. The standard InChI is InChI=1S/C13H13N3O3/c1-16(8-11-14-6-7-15-11)12(17)9-2-4-10(5-3-9)13(18)19/h2-7H,8H2,1H3,(H,14,15)(H,18,19). The molecule has 0 saturated heterocycles. The summed E-state index contributed by atoms with van der Waals surface area (Å²) in [7, 11) is 1.66. The molecule has 0 aliphatic rings. The van der Waals surface area contributed by atoms with Crippen molar-refractivity contribution in [3.8, 4) is 0 Å². The van der Waals surface area contributed by atoms with Crippen LogP contribution >= 0.6 is 0 Å². The molecule has 6 heteroatoms. The number of H-pyrrole nitrogens is 1. The van der Waals surface area contributed by atoms with Gasteiger partial charge in [-0.1, -0.05) is 0 Å². The molecule has 0 radical (unpaired) electrons. The summed E-state index contributed by atoms with van der Waals surface area (Å²) in [6, 6.07) is 5.83. The second-order valence-electron chi connectivity index (χ2n) is 4.08. The fraction of sp³-hybridized carbons (Fsp3) is 0.154. The van der Waals surface area contributed by atoms with Crippen molar-refractivity contribution >= 4 is 11.9 Å². The molecule has 0 atom stereocenters. The van der Waals surface area contributed by atoms with E-state index in [0.717, 1.165) is 0 Å². The number of carboxylic acid groups (broad SMARTS) is 1. The third-order valence-electron chi connectivity index (χ3n) is 2.67. The van der Waals surface area contributed by atoms with Gasteiger partial charge in [0, 0.05) is 25.0 Å². The number of carbonyl (C=O) groups excluding carboxylic acids is 1. The van der Waals surface area contributed by atoms with Crippen molar-refractivity contribution in [2.24, 2.45) is 0 Å². The summed E-state index contributed by atoms with van der Waals surface area (Å²) in [6.07, 6.45) is 3.31. The summed E-state index contributed by atoms with van der Waals surface area (Å²) < 4.78 is 0. The lowest BCUT2D eigenvalue weighted by molar-refractivity contribution is 0.0695. The zero-order valence-electron chi connectivity index (χ0n) is 10.3. The van der Waals surface area contributed by atoms with Crippen LogP contribution in [0, 0.1) is 0 Å². The van der Waals surface area contributed by atoms with Gasteiger partial charge in [-0.15, -0.1) is 0 Å². The lowest BCUT2D eigenvalue weighted by Gasteiger charge is -2.15. The van der Waals surface area contributed by atoms with Crippen molar-refractivity contribution < 1.29 is 14.7 Å². The first-order valence-corrected chi connectivity index (χ1v) is 5.65. The van der Waals surface area contributed by atoms with Gasteiger partial charge in [-0.25, -0.2) is 9.78 Å². The number of hydrogen-bond acceptors (Lipinski definition) is 3. The molecular formula is C13H13N3O3. The largest absolute Gasteiger partial charge is 0.478 e. The molecule has 0 aliphatic carbocycles. The Balaban J connectivity index is 2.08. The Bertz CT molecular complexity index is 576. The zero-order valence-corrected chi connectivity index (χ0v) is 10.3. The van der Waals surface area contributed by atoms with Crippen LogP contribution in [-0.2, 0) is 6.54 Å². The van der Waals surface area contributed by atoms with Crippen LogP contribution in [0.5, 0.6) is 0 Å². The second kappa shape index (κ2) is 5.34. The number of carboxylic acids is 1. The lowest BCUT2D eigenvalue weighted by Crippen LogP contribution is -2.26. The maximum atomic E-state index is 12.1. The van der Waals surface area contributed by atoms with Gasteiger partial charge >= 0.3 is 5.97 Å². The number of carbonyl (C=O) groups is 2. The molecule has 2 aromatic rings. The van der Waals surface area contributed by atoms with Crippen LogP contribution in [0.15, 0.2) is 36.7 Å². The van der Waals surface area contributed by atoms with Gasteiger partial charge in [-0.2, -0.15) is 0 Å². The molecule has 6 nitrogen and oxygen atoms in total. The van der Waals surface area contributed by atoms with E-state index in [1.807, 2.05) is 0 Å². The summed E-state index contributed by atoms with van der Waals surface area (Å²) in [5.74, 6) is -0.505. The highest BCUT2D eigenvalue weighted by molar-refractivity contribution is 5.95. The third kappa shape index (κ3) is 2.98. The first-order valence-electron chi connectivity index (χ1n) is 5.65. The Morgan fingerprint density at radius 2 is 1.89 bits per heavy atom. The van der Waals surface area contributed by atoms with Crippen molar-refractivity contribution in [1.82, 2.24) is 14.9 Å². The number of aromatic nitrogens is 2. The minimum Gasteiger partial charge on any atom is -0.478 e. The van der Waals surface area contributed by atoms with Crippen LogP contribution in [0.25, 0.3) is 0 Å². The molecule has 0 unspecified atom stereocenters. The SMILES string of the molecule is CN(Cc1ncc[nH]1)C(=O)c1ccc(C(=O)O)cc1. The van der Waals surface area contributed by atoms with E-state index in [1.54, 1.807) is 19.4 Å². The molecule has 0 fully saturated rings. The molecule has 0 aliphatic heterocycles. The fourth-order valence-corrected chi connectivity index (χ4v) is 1.66. The minimum absolute atomic E-state index is 0.158. The molecular weight excluding hydrogens is 246 g/mol. The Morgan fingerprint density at radius 3 is 2.42 bits per heavy atom. The Morgan fingerprint density at radius 1 is 1.26 bits per heavy atom. The number of benzene rings is 1. The highest BCUT2D eigenvalue weighted by Gasteiger charge is 2.13. The van der Waals surface area contributed by atoms with Gasteiger partial charge in [0.2, 0.25) is 0 Å². The first-order chi connectivity index (χ1) is 9.08. The maximum Gasteiger partial charge on any atom is 0.335 e. The molecule has 2 rings (SSSR count). The second-order valence-corrected chi connectivity index (χ2v) is 4.08. The van der Waals surface area contributed by atoms with E-state index in [4.69, 9.17) is 5.11 Å². The number of rotatable bonds is 4. The van der Waals surface area contributed by atoms with E-state index in [2.05, 4.69) is 9.97 Å². The summed E-state index contributed by atoms with van der Waals surface area (Å²) in [6.45, 7) is 0.368. The van der Waals surface area contributed by atoms with Crippen LogP contribution in [0.2, 0.25) is 0 Å². The van der Waals surface area contributed by atoms with Crippen LogP contribution < -0.4 is 0 Å². The molecule has 0 spiro atoms. The molecule has 2 N–H and O–H groups in total. The Hall–Kier alpha value is -2.63. The van der Waals surface area contributed by atoms with Gasteiger partial charge in [0.25, 0.3) is 5.91 Å². The van der Waals surface area contributed by atoms with Gasteiger partial charge in [0.1, 0.15) is 5.82 Å². The molecule has 1 aromatic heterocycles. The molecule has 0 bridgehead atoms. The number of nitrogens with zero attached hydrogens (tertiary/aromatic N) is 2. The molecule has 1 aromatic carbocycles. The number of amides is 1. The van der Waals surface area contributed by atoms with Gasteiger partial charge in [0.05, 0.1) is 12.1 Å². The highest BCUT2D eigenvalue weighted by atomic mass is 16.4. The topological polar surface area (TPSA) is 86.3 Å². The maximum absolute atomic E-state index is 12.1. The van der Waals surface area contributed by atoms with E-state index in [1.165, 1.54) is 29.2 Å². The minimum atomic E-state index is -1.01.